The van der Waals surface area contributed by atoms with E-state index in [1.165, 1.54) is 28.0 Å². The highest BCUT2D eigenvalue weighted by Crippen LogP contribution is 2.41. The van der Waals surface area contributed by atoms with Crippen LogP contribution in [0.25, 0.3) is 0 Å². The molecule has 3 saturated heterocycles. The Kier molecular flexibility index (Phi) is 16.5. The second kappa shape index (κ2) is 19.0. The number of cyclic esters (lactones) is 1. The van der Waals surface area contributed by atoms with Gasteiger partial charge in [-0.15, -0.1) is 0 Å². The molecule has 0 aromatic rings. The molecule has 0 unspecified atom stereocenters. The molecular formula is C39H72N2O14. The van der Waals surface area contributed by atoms with E-state index in [4.69, 9.17) is 28.4 Å². The standard InChI is InChI=1S/C39H72N2O14/c1-14-26-39(10,49)32(45)21(4)29(43)19(2)16-37(8,48)34(55-36-30(44)25(15-20(3)51-36)41(12)18-27(42)40-11)22(5)31(23(6)35(47)53-26)54-28-17-38(9,50-13)33(46)24(7)52-28/h19-26,28-34,36,43-46,48-49H,14-18H2,1-13H3,(H,40,42)/t19-,20-,21+,22+,23-,24+,25+,26-,28+,29+,30-,31+,32-,33+,34-,36+,37-,38-,39-/m1/s1. The van der Waals surface area contributed by atoms with Crippen molar-refractivity contribution in [2.24, 2.45) is 23.7 Å². The molecule has 7 N–H and O–H groups in total. The lowest BCUT2D eigenvalue weighted by Crippen LogP contribution is -2.61. The van der Waals surface area contributed by atoms with Crippen LogP contribution in [0, 0.1) is 23.7 Å². The van der Waals surface area contributed by atoms with Crippen LogP contribution in [0.15, 0.2) is 0 Å². The van der Waals surface area contributed by atoms with Crippen molar-refractivity contribution in [1.29, 1.82) is 0 Å². The molecule has 322 valence electrons. The summed E-state index contributed by atoms with van der Waals surface area (Å²) in [7, 11) is 4.71. The molecule has 16 heteroatoms. The SMILES string of the molecule is CC[C@H]1OC(=O)[C@H](C)[C@@H](O[C@H]2C[C@@](C)(OC)[C@@H](O)[C@H](C)O2)[C@H](C)[C@@H](O[C@@H]2O[C@H](C)C[C@H](N(C)CC(=O)NC)[C@H]2O)[C@](C)(O)C[C@@H](C)[C@H](O)[C@H](C)[C@@H](O)[C@]1(C)O. The number of esters is 1. The zero-order valence-electron chi connectivity index (χ0n) is 35.2. The second-order valence-electron chi connectivity index (χ2n) is 17.3. The molecule has 3 rings (SSSR count). The van der Waals surface area contributed by atoms with E-state index < -0.39 is 120 Å². The number of amides is 1. The van der Waals surface area contributed by atoms with Crippen molar-refractivity contribution in [2.45, 2.75) is 185 Å². The summed E-state index contributed by atoms with van der Waals surface area (Å²) in [6.07, 6.45) is -11.6. The lowest BCUT2D eigenvalue weighted by molar-refractivity contribution is -0.318. The second-order valence-corrected chi connectivity index (χ2v) is 17.3. The Hall–Kier alpha value is -1.54. The molecule has 0 aromatic carbocycles. The fraction of sp³-hybridized carbons (Fsp3) is 0.949. The van der Waals surface area contributed by atoms with Crippen LogP contribution in [0.4, 0.5) is 0 Å². The average Bonchev–Trinajstić information content (AvgIpc) is 3.12. The van der Waals surface area contributed by atoms with Gasteiger partial charge in [0.1, 0.15) is 23.9 Å². The first kappa shape index (κ1) is 47.8. The molecule has 0 bridgehead atoms. The third kappa shape index (κ3) is 10.8. The van der Waals surface area contributed by atoms with Crippen molar-refractivity contribution in [3.8, 4) is 0 Å². The van der Waals surface area contributed by atoms with E-state index in [-0.39, 0.29) is 31.7 Å². The normalized spacial score (nSPS) is 48.2. The van der Waals surface area contributed by atoms with E-state index in [1.54, 1.807) is 60.4 Å². The fourth-order valence-corrected chi connectivity index (χ4v) is 8.94. The average molecular weight is 793 g/mol. The van der Waals surface area contributed by atoms with Crippen molar-refractivity contribution >= 4 is 11.9 Å². The molecule has 0 radical (unpaired) electrons. The van der Waals surface area contributed by atoms with Gasteiger partial charge in [-0.1, -0.05) is 27.7 Å². The van der Waals surface area contributed by atoms with Gasteiger partial charge in [0.2, 0.25) is 5.91 Å². The molecule has 0 saturated carbocycles. The van der Waals surface area contributed by atoms with Gasteiger partial charge >= 0.3 is 5.97 Å². The lowest BCUT2D eigenvalue weighted by Gasteiger charge is -2.49. The van der Waals surface area contributed by atoms with Crippen molar-refractivity contribution in [1.82, 2.24) is 10.2 Å². The van der Waals surface area contributed by atoms with Crippen LogP contribution in [0.3, 0.4) is 0 Å². The highest BCUT2D eigenvalue weighted by Gasteiger charge is 2.53. The maximum atomic E-state index is 14.2. The van der Waals surface area contributed by atoms with Crippen molar-refractivity contribution in [2.75, 3.05) is 27.7 Å². The Labute approximate surface area is 327 Å². The van der Waals surface area contributed by atoms with Crippen LogP contribution < -0.4 is 5.32 Å². The zero-order chi connectivity index (χ0) is 42.0. The van der Waals surface area contributed by atoms with E-state index >= 15 is 0 Å². The lowest BCUT2D eigenvalue weighted by atomic mass is 9.73. The van der Waals surface area contributed by atoms with Crippen LogP contribution in [0.2, 0.25) is 0 Å². The Bertz CT molecular complexity index is 1260. The van der Waals surface area contributed by atoms with E-state index in [9.17, 15) is 40.2 Å². The van der Waals surface area contributed by atoms with Crippen molar-refractivity contribution in [3.05, 3.63) is 0 Å². The summed E-state index contributed by atoms with van der Waals surface area (Å²) in [5.74, 6) is -4.59. The van der Waals surface area contributed by atoms with Crippen molar-refractivity contribution < 1.29 is 68.6 Å². The summed E-state index contributed by atoms with van der Waals surface area (Å²) in [6, 6.07) is -0.567. The molecule has 0 aliphatic carbocycles. The number of methoxy groups -OCH3 is 1. The molecule has 19 atom stereocenters. The molecule has 3 aliphatic heterocycles. The van der Waals surface area contributed by atoms with Crippen molar-refractivity contribution in [3.63, 3.8) is 0 Å². The number of nitrogens with zero attached hydrogens (tertiary/aromatic N) is 1. The van der Waals surface area contributed by atoms with E-state index in [1.807, 2.05) is 6.92 Å². The van der Waals surface area contributed by atoms with Gasteiger partial charge in [-0.2, -0.15) is 0 Å². The minimum Gasteiger partial charge on any atom is -0.459 e. The number of nitrogens with one attached hydrogen (secondary N) is 1. The number of hydrogen-bond donors (Lipinski definition) is 7. The number of aliphatic hydroxyl groups is 6. The highest BCUT2D eigenvalue weighted by molar-refractivity contribution is 5.77. The molecule has 3 heterocycles. The third-order valence-corrected chi connectivity index (χ3v) is 12.6. The van der Waals surface area contributed by atoms with Crippen LogP contribution in [0.1, 0.15) is 94.9 Å². The Morgan fingerprint density at radius 1 is 0.927 bits per heavy atom. The topological polar surface area (TPSA) is 226 Å². The van der Waals surface area contributed by atoms with E-state index in [0.29, 0.717) is 6.42 Å². The number of ether oxygens (including phenoxy) is 6. The van der Waals surface area contributed by atoms with Crippen LogP contribution in [0.5, 0.6) is 0 Å². The maximum absolute atomic E-state index is 14.2. The number of carbonyl (C=O) groups is 2. The monoisotopic (exact) mass is 792 g/mol. The summed E-state index contributed by atoms with van der Waals surface area (Å²) in [6.45, 7) is 16.4. The van der Waals surface area contributed by atoms with Gasteiger partial charge in [0.05, 0.1) is 60.3 Å². The predicted molar refractivity (Wildman–Crippen MR) is 200 cm³/mol. The number of hydrogen-bond acceptors (Lipinski definition) is 15. The van der Waals surface area contributed by atoms with E-state index in [2.05, 4.69) is 5.32 Å². The van der Waals surface area contributed by atoms with Gasteiger partial charge < -0.3 is 64.4 Å². The van der Waals surface area contributed by atoms with Gasteiger partial charge in [-0.05, 0) is 73.8 Å². The maximum Gasteiger partial charge on any atom is 0.311 e. The first-order valence-electron chi connectivity index (χ1n) is 19.8. The molecule has 16 nitrogen and oxygen atoms in total. The summed E-state index contributed by atoms with van der Waals surface area (Å²) in [5, 5.41) is 72.4. The van der Waals surface area contributed by atoms with Gasteiger partial charge in [0.15, 0.2) is 12.6 Å². The number of likely N-dealkylation sites (N-methyl/N-ethyl adjacent to an activating group) is 2. The minimum absolute atomic E-state index is 0.00470. The van der Waals surface area contributed by atoms with Gasteiger partial charge in [0, 0.05) is 38.5 Å². The highest BCUT2D eigenvalue weighted by atomic mass is 16.7. The van der Waals surface area contributed by atoms with Gasteiger partial charge in [0.25, 0.3) is 0 Å². The first-order chi connectivity index (χ1) is 25.4. The first-order valence-corrected chi connectivity index (χ1v) is 19.8. The third-order valence-electron chi connectivity index (χ3n) is 12.6. The molecule has 0 spiro atoms. The molecule has 3 aliphatic rings. The predicted octanol–water partition coefficient (Wildman–Crippen LogP) is 0.694. The Morgan fingerprint density at radius 3 is 2.11 bits per heavy atom. The summed E-state index contributed by atoms with van der Waals surface area (Å²) in [4.78, 5) is 28.2. The number of rotatable bonds is 9. The zero-order valence-corrected chi connectivity index (χ0v) is 35.2. The number of carbonyl (C=O) groups excluding carboxylic acids is 2. The minimum atomic E-state index is -1.96. The summed E-state index contributed by atoms with van der Waals surface area (Å²) in [5.41, 5.74) is -4.84. The van der Waals surface area contributed by atoms with E-state index in [0.717, 1.165) is 0 Å². The quantitative estimate of drug-likeness (QED) is 0.160. The Morgan fingerprint density at radius 2 is 1.55 bits per heavy atom. The van der Waals surface area contributed by atoms with Crippen LogP contribution >= 0.6 is 0 Å². The van der Waals surface area contributed by atoms with Gasteiger partial charge in [-0.25, -0.2) is 0 Å². The summed E-state index contributed by atoms with van der Waals surface area (Å²) < 4.78 is 37.3. The Balaban J connectivity index is 2.17. The molecule has 55 heavy (non-hydrogen) atoms. The largest absolute Gasteiger partial charge is 0.459 e. The molecular weight excluding hydrogens is 720 g/mol. The summed E-state index contributed by atoms with van der Waals surface area (Å²) >= 11 is 0. The molecule has 1 amide bonds. The van der Waals surface area contributed by atoms with Crippen LogP contribution in [-0.2, 0) is 38.0 Å². The fourth-order valence-electron chi connectivity index (χ4n) is 8.94. The smallest absolute Gasteiger partial charge is 0.311 e. The van der Waals surface area contributed by atoms with Crippen LogP contribution in [-0.4, -0.2) is 166 Å². The molecule has 0 aromatic heterocycles. The van der Waals surface area contributed by atoms with Gasteiger partial charge in [-0.3, -0.25) is 14.5 Å². The molecule has 3 fully saturated rings. The number of aliphatic hydroxyl groups excluding tert-OH is 4.